The number of halogens is 2. The van der Waals surface area contributed by atoms with Gasteiger partial charge in [-0.3, -0.25) is 9.59 Å². The molecule has 2 amide bonds. The smallest absolute Gasteiger partial charge is 0.240 e. The van der Waals surface area contributed by atoms with Crippen LogP contribution in [0.15, 0.2) is 53.6 Å². The van der Waals surface area contributed by atoms with E-state index in [1.54, 1.807) is 12.1 Å². The largest absolute Gasteiger partial charge is 0.325 e. The molecule has 0 radical (unpaired) electrons. The van der Waals surface area contributed by atoms with Gasteiger partial charge in [0.25, 0.3) is 0 Å². The predicted molar refractivity (Wildman–Crippen MR) is 106 cm³/mol. The third-order valence-corrected chi connectivity index (χ3v) is 4.09. The molecule has 0 aliphatic heterocycles. The summed E-state index contributed by atoms with van der Waals surface area (Å²) in [4.78, 5) is 23.9. The Hall–Kier alpha value is -2.37. The second-order valence-electron chi connectivity index (χ2n) is 5.49. The molecule has 5 nitrogen and oxygen atoms in total. The Morgan fingerprint density at radius 1 is 1.00 bits per heavy atom. The lowest BCUT2D eigenvalue weighted by atomic mass is 10.1. The summed E-state index contributed by atoms with van der Waals surface area (Å²) >= 11 is 11.8. The summed E-state index contributed by atoms with van der Waals surface area (Å²) < 4.78 is 0. The van der Waals surface area contributed by atoms with Gasteiger partial charge in [-0.2, -0.15) is 5.10 Å². The number of hydrazone groups is 1. The SMILES string of the molecule is CC/C(=N\NC(=O)CCC(=O)Nc1ccc(Cl)cc1Cl)c1ccccc1. The highest BCUT2D eigenvalue weighted by molar-refractivity contribution is 6.36. The van der Waals surface area contributed by atoms with E-state index in [0.717, 1.165) is 11.3 Å². The molecule has 0 bridgehead atoms. The average Bonchev–Trinajstić information content (AvgIpc) is 2.64. The molecule has 2 aromatic carbocycles. The van der Waals surface area contributed by atoms with Gasteiger partial charge in [0.2, 0.25) is 11.8 Å². The van der Waals surface area contributed by atoms with Crippen molar-refractivity contribution in [1.29, 1.82) is 0 Å². The van der Waals surface area contributed by atoms with Crippen molar-refractivity contribution in [2.75, 3.05) is 5.32 Å². The summed E-state index contributed by atoms with van der Waals surface area (Å²) in [6.45, 7) is 1.96. The summed E-state index contributed by atoms with van der Waals surface area (Å²) in [5, 5.41) is 7.62. The van der Waals surface area contributed by atoms with E-state index in [2.05, 4.69) is 15.8 Å². The molecule has 0 spiro atoms. The van der Waals surface area contributed by atoms with Gasteiger partial charge in [-0.05, 0) is 30.2 Å². The van der Waals surface area contributed by atoms with Gasteiger partial charge in [0.1, 0.15) is 0 Å². The van der Waals surface area contributed by atoms with Crippen molar-refractivity contribution >= 4 is 46.4 Å². The normalized spacial score (nSPS) is 11.1. The Kier molecular flexibility index (Phi) is 7.63. The number of hydrogen-bond acceptors (Lipinski definition) is 3. The number of nitrogens with one attached hydrogen (secondary N) is 2. The Balaban J connectivity index is 1.84. The van der Waals surface area contributed by atoms with Gasteiger partial charge in [0.15, 0.2) is 0 Å². The van der Waals surface area contributed by atoms with Crippen molar-refractivity contribution in [3.63, 3.8) is 0 Å². The van der Waals surface area contributed by atoms with Crippen LogP contribution < -0.4 is 10.7 Å². The Labute approximate surface area is 162 Å². The monoisotopic (exact) mass is 391 g/mol. The minimum atomic E-state index is -0.329. The first-order valence-electron chi connectivity index (χ1n) is 8.15. The molecular weight excluding hydrogens is 373 g/mol. The van der Waals surface area contributed by atoms with E-state index < -0.39 is 0 Å². The molecule has 2 aromatic rings. The molecule has 0 aliphatic carbocycles. The van der Waals surface area contributed by atoms with Gasteiger partial charge >= 0.3 is 0 Å². The van der Waals surface area contributed by atoms with E-state index in [1.165, 1.54) is 6.07 Å². The molecular formula is C19H19Cl2N3O2. The molecule has 7 heteroatoms. The zero-order chi connectivity index (χ0) is 18.9. The number of carbonyl (C=O) groups is 2. The Morgan fingerprint density at radius 3 is 2.35 bits per heavy atom. The summed E-state index contributed by atoms with van der Waals surface area (Å²) in [6.07, 6.45) is 0.722. The first kappa shape index (κ1) is 19.9. The van der Waals surface area contributed by atoms with Crippen molar-refractivity contribution in [3.05, 3.63) is 64.1 Å². The van der Waals surface area contributed by atoms with Crippen LogP contribution in [0.1, 0.15) is 31.7 Å². The van der Waals surface area contributed by atoms with Crippen molar-refractivity contribution in [2.45, 2.75) is 26.2 Å². The van der Waals surface area contributed by atoms with E-state index in [1.807, 2.05) is 37.3 Å². The van der Waals surface area contributed by atoms with Crippen molar-refractivity contribution < 1.29 is 9.59 Å². The minimum absolute atomic E-state index is 0.0202. The van der Waals surface area contributed by atoms with Crippen LogP contribution in [0.4, 0.5) is 5.69 Å². The molecule has 0 fully saturated rings. The fourth-order valence-electron chi connectivity index (χ4n) is 2.19. The topological polar surface area (TPSA) is 70.6 Å². The van der Waals surface area contributed by atoms with Crippen LogP contribution in [0.3, 0.4) is 0 Å². The van der Waals surface area contributed by atoms with Crippen molar-refractivity contribution in [2.24, 2.45) is 5.10 Å². The van der Waals surface area contributed by atoms with Crippen LogP contribution in [0.5, 0.6) is 0 Å². The average molecular weight is 392 g/mol. The summed E-state index contributed by atoms with van der Waals surface area (Å²) in [5.74, 6) is -0.642. The van der Waals surface area contributed by atoms with E-state index in [0.29, 0.717) is 22.2 Å². The van der Waals surface area contributed by atoms with Gasteiger partial charge < -0.3 is 5.32 Å². The lowest BCUT2D eigenvalue weighted by Gasteiger charge is -2.08. The molecule has 0 aliphatic rings. The van der Waals surface area contributed by atoms with Gasteiger partial charge in [-0.25, -0.2) is 5.43 Å². The van der Waals surface area contributed by atoms with Crippen LogP contribution in [0, 0.1) is 0 Å². The molecule has 0 heterocycles. The molecule has 0 saturated heterocycles. The van der Waals surface area contributed by atoms with Crippen LogP contribution in [-0.4, -0.2) is 17.5 Å². The van der Waals surface area contributed by atoms with Crippen LogP contribution in [0.2, 0.25) is 10.0 Å². The lowest BCUT2D eigenvalue weighted by molar-refractivity contribution is -0.124. The van der Waals surface area contributed by atoms with E-state index in [-0.39, 0.29) is 24.7 Å². The number of nitrogens with zero attached hydrogens (tertiary/aromatic N) is 1. The summed E-state index contributed by atoms with van der Waals surface area (Å²) in [5.41, 5.74) is 4.68. The fourth-order valence-corrected chi connectivity index (χ4v) is 2.65. The maximum Gasteiger partial charge on any atom is 0.240 e. The van der Waals surface area contributed by atoms with Crippen molar-refractivity contribution in [3.8, 4) is 0 Å². The number of carbonyl (C=O) groups excluding carboxylic acids is 2. The number of benzene rings is 2. The van der Waals surface area contributed by atoms with E-state index >= 15 is 0 Å². The van der Waals surface area contributed by atoms with Crippen LogP contribution >= 0.6 is 23.2 Å². The number of anilines is 1. The highest BCUT2D eigenvalue weighted by Crippen LogP contribution is 2.25. The van der Waals surface area contributed by atoms with Crippen molar-refractivity contribution in [1.82, 2.24) is 5.43 Å². The second-order valence-corrected chi connectivity index (χ2v) is 6.33. The second kappa shape index (κ2) is 9.94. The molecule has 2 N–H and O–H groups in total. The fraction of sp³-hybridized carbons (Fsp3) is 0.211. The number of amides is 2. The molecule has 0 unspecified atom stereocenters. The molecule has 26 heavy (non-hydrogen) atoms. The zero-order valence-corrected chi connectivity index (χ0v) is 15.8. The van der Waals surface area contributed by atoms with E-state index in [9.17, 15) is 9.59 Å². The Morgan fingerprint density at radius 2 is 1.69 bits per heavy atom. The minimum Gasteiger partial charge on any atom is -0.325 e. The van der Waals surface area contributed by atoms with Gasteiger partial charge in [-0.15, -0.1) is 0 Å². The quantitative estimate of drug-likeness (QED) is 0.532. The first-order chi connectivity index (χ1) is 12.5. The highest BCUT2D eigenvalue weighted by Gasteiger charge is 2.10. The maximum absolute atomic E-state index is 12.0. The standard InChI is InChI=1S/C19H19Cl2N3O2/c1-2-16(13-6-4-3-5-7-13)23-24-19(26)11-10-18(25)22-17-9-8-14(20)12-15(17)21/h3-9,12H,2,10-11H2,1H3,(H,22,25)(H,24,26)/b23-16+. The highest BCUT2D eigenvalue weighted by atomic mass is 35.5. The Bertz CT molecular complexity index is 808. The number of hydrogen-bond donors (Lipinski definition) is 2. The van der Waals surface area contributed by atoms with E-state index in [4.69, 9.17) is 23.2 Å². The third kappa shape index (κ3) is 6.17. The van der Waals surface area contributed by atoms with Crippen LogP contribution in [-0.2, 0) is 9.59 Å². The molecule has 2 rings (SSSR count). The summed E-state index contributed by atoms with van der Waals surface area (Å²) in [6, 6.07) is 14.4. The van der Waals surface area contributed by atoms with Gasteiger partial charge in [0.05, 0.1) is 16.4 Å². The predicted octanol–water partition coefficient (Wildman–Crippen LogP) is 4.64. The van der Waals surface area contributed by atoms with Gasteiger partial charge in [0, 0.05) is 17.9 Å². The molecule has 0 atom stereocenters. The zero-order valence-electron chi connectivity index (χ0n) is 14.3. The lowest BCUT2D eigenvalue weighted by Crippen LogP contribution is -2.22. The molecule has 0 saturated carbocycles. The summed E-state index contributed by atoms with van der Waals surface area (Å²) in [7, 11) is 0. The third-order valence-electron chi connectivity index (χ3n) is 3.54. The molecule has 136 valence electrons. The maximum atomic E-state index is 12.0. The number of rotatable bonds is 7. The first-order valence-corrected chi connectivity index (χ1v) is 8.91. The molecule has 0 aromatic heterocycles. The van der Waals surface area contributed by atoms with Crippen LogP contribution in [0.25, 0.3) is 0 Å². The van der Waals surface area contributed by atoms with Gasteiger partial charge in [-0.1, -0.05) is 60.5 Å².